The molecule has 1 aromatic heterocycles. The van der Waals surface area contributed by atoms with Gasteiger partial charge in [0, 0.05) is 25.6 Å². The second-order valence-electron chi connectivity index (χ2n) is 9.79. The van der Waals surface area contributed by atoms with Gasteiger partial charge < -0.3 is 20.7 Å². The van der Waals surface area contributed by atoms with E-state index in [1.165, 1.54) is 4.68 Å². The van der Waals surface area contributed by atoms with Crippen LogP contribution in [0.4, 0.5) is 0 Å². The number of hydrogen-bond donors (Lipinski definition) is 4. The minimum Gasteiger partial charge on any atom is -0.426 e. The maximum Gasteiger partial charge on any atom is 0.475 e. The van der Waals surface area contributed by atoms with Crippen LogP contribution in [0.25, 0.3) is 0 Å². The van der Waals surface area contributed by atoms with E-state index in [-0.39, 0.29) is 24.7 Å². The van der Waals surface area contributed by atoms with E-state index < -0.39 is 30.8 Å². The van der Waals surface area contributed by atoms with Crippen molar-refractivity contribution in [3.05, 3.63) is 52.8 Å². The fourth-order valence-electron chi connectivity index (χ4n) is 4.03. The quantitative estimate of drug-likeness (QED) is 0.233. The van der Waals surface area contributed by atoms with Crippen molar-refractivity contribution in [3.63, 3.8) is 0 Å². The van der Waals surface area contributed by atoms with Crippen molar-refractivity contribution in [2.24, 2.45) is 18.9 Å². The summed E-state index contributed by atoms with van der Waals surface area (Å²) in [6, 6.07) is 9.00. The van der Waals surface area contributed by atoms with Crippen molar-refractivity contribution < 1.29 is 24.4 Å². The summed E-state index contributed by atoms with van der Waals surface area (Å²) in [5, 5.41) is 29.0. The van der Waals surface area contributed by atoms with Gasteiger partial charge in [-0.3, -0.25) is 19.1 Å². The van der Waals surface area contributed by atoms with Crippen LogP contribution in [0.15, 0.2) is 30.3 Å². The highest BCUT2D eigenvalue weighted by molar-refractivity contribution is 6.43. The minimum absolute atomic E-state index is 0.0921. The van der Waals surface area contributed by atoms with Crippen LogP contribution in [0.3, 0.4) is 0 Å². The van der Waals surface area contributed by atoms with E-state index in [1.54, 1.807) is 32.2 Å². The second kappa shape index (κ2) is 13.9. The number of rotatable bonds is 14. The SMILES string of the molecule is CCCCc1ccc(C(=O)C[C@@H](CNC(=O)c2cc(C)nn2C)C(=O)N[C@@H](CC(C)C)B(O)O)cc1. The van der Waals surface area contributed by atoms with Crippen LogP contribution >= 0.6 is 0 Å². The molecule has 0 aliphatic carbocycles. The highest BCUT2D eigenvalue weighted by Crippen LogP contribution is 2.15. The molecule has 196 valence electrons. The lowest BCUT2D eigenvalue weighted by Gasteiger charge is -2.23. The average molecular weight is 498 g/mol. The van der Waals surface area contributed by atoms with Gasteiger partial charge in [0.05, 0.1) is 17.6 Å². The molecule has 0 aliphatic heterocycles. The van der Waals surface area contributed by atoms with Crippen molar-refractivity contribution in [3.8, 4) is 0 Å². The largest absolute Gasteiger partial charge is 0.475 e. The van der Waals surface area contributed by atoms with Gasteiger partial charge in [0.1, 0.15) is 5.69 Å². The first-order valence-electron chi connectivity index (χ1n) is 12.6. The number of nitrogens with zero attached hydrogens (tertiary/aromatic N) is 2. The third-order valence-electron chi connectivity index (χ3n) is 6.05. The number of carbonyl (C=O) groups excluding carboxylic acids is 3. The van der Waals surface area contributed by atoms with Gasteiger partial charge in [0.2, 0.25) is 5.91 Å². The number of carbonyl (C=O) groups is 3. The number of aromatic nitrogens is 2. The highest BCUT2D eigenvalue weighted by Gasteiger charge is 2.31. The Bertz CT molecular complexity index is 1020. The first-order chi connectivity index (χ1) is 17.0. The van der Waals surface area contributed by atoms with E-state index in [2.05, 4.69) is 22.7 Å². The Kier molecular flexibility index (Phi) is 11.3. The smallest absolute Gasteiger partial charge is 0.426 e. The maximum atomic E-state index is 13.1. The Balaban J connectivity index is 2.16. The number of unbranched alkanes of at least 4 members (excludes halogenated alkanes) is 1. The molecular weight excluding hydrogens is 459 g/mol. The standard InChI is InChI=1S/C26H39BN4O5/c1-6-7-8-19-9-11-20(12-10-19)23(32)15-21(25(33)29-24(27(35)36)13-17(2)3)16-28-26(34)22-14-18(4)30-31(22)5/h9-12,14,17,21,24,35-36H,6-8,13,15-16H2,1-5H3,(H,28,34)(H,29,33)/t21-,24-/m0/s1. The number of nitrogens with one attached hydrogen (secondary N) is 2. The fraction of sp³-hybridized carbons (Fsp3) is 0.538. The third-order valence-corrected chi connectivity index (χ3v) is 6.05. The Morgan fingerprint density at radius 3 is 2.33 bits per heavy atom. The van der Waals surface area contributed by atoms with E-state index in [9.17, 15) is 24.4 Å². The molecule has 2 aromatic rings. The molecule has 0 fully saturated rings. The Morgan fingerprint density at radius 2 is 1.81 bits per heavy atom. The summed E-state index contributed by atoms with van der Waals surface area (Å²) < 4.78 is 1.45. The summed E-state index contributed by atoms with van der Waals surface area (Å²) in [4.78, 5) is 38.9. The Morgan fingerprint density at radius 1 is 1.14 bits per heavy atom. The van der Waals surface area contributed by atoms with Crippen molar-refractivity contribution in [1.29, 1.82) is 0 Å². The van der Waals surface area contributed by atoms with Crippen LogP contribution in [-0.4, -0.2) is 57.0 Å². The molecule has 0 aliphatic rings. The number of aryl methyl sites for hydroxylation is 3. The lowest BCUT2D eigenvalue weighted by Crippen LogP contribution is -2.51. The molecule has 0 saturated heterocycles. The molecular formula is C26H39BN4O5. The number of amides is 2. The molecule has 2 rings (SSSR count). The van der Waals surface area contributed by atoms with Crippen LogP contribution in [0.2, 0.25) is 0 Å². The second-order valence-corrected chi connectivity index (χ2v) is 9.79. The summed E-state index contributed by atoms with van der Waals surface area (Å²) in [7, 11) is -0.0887. The third kappa shape index (κ3) is 8.91. The molecule has 2 atom stereocenters. The molecule has 2 amide bonds. The predicted molar refractivity (Wildman–Crippen MR) is 139 cm³/mol. The number of benzene rings is 1. The normalized spacial score (nSPS) is 12.8. The summed E-state index contributed by atoms with van der Waals surface area (Å²) >= 11 is 0. The van der Waals surface area contributed by atoms with Crippen LogP contribution < -0.4 is 10.6 Å². The lowest BCUT2D eigenvalue weighted by molar-refractivity contribution is -0.125. The highest BCUT2D eigenvalue weighted by atomic mass is 16.4. The molecule has 0 spiro atoms. The Hall–Kier alpha value is -2.98. The van der Waals surface area contributed by atoms with Gasteiger partial charge in [-0.1, -0.05) is 51.5 Å². The number of hydrogen-bond acceptors (Lipinski definition) is 6. The van der Waals surface area contributed by atoms with Crippen molar-refractivity contribution in [2.75, 3.05) is 6.54 Å². The summed E-state index contributed by atoms with van der Waals surface area (Å²) in [5.74, 6) is -2.84. The number of ketones is 1. The van der Waals surface area contributed by atoms with Gasteiger partial charge in [0.25, 0.3) is 5.91 Å². The van der Waals surface area contributed by atoms with E-state index in [4.69, 9.17) is 0 Å². The first kappa shape index (κ1) is 29.3. The van der Waals surface area contributed by atoms with E-state index >= 15 is 0 Å². The minimum atomic E-state index is -1.74. The molecule has 36 heavy (non-hydrogen) atoms. The summed E-state index contributed by atoms with van der Waals surface area (Å²) in [5.41, 5.74) is 2.66. The van der Waals surface area contributed by atoms with Gasteiger partial charge in [-0.15, -0.1) is 0 Å². The van der Waals surface area contributed by atoms with Crippen LogP contribution in [0.1, 0.15) is 78.6 Å². The van der Waals surface area contributed by atoms with E-state index in [0.29, 0.717) is 23.4 Å². The fourth-order valence-corrected chi connectivity index (χ4v) is 4.03. The van der Waals surface area contributed by atoms with Crippen LogP contribution in [-0.2, 0) is 18.3 Å². The van der Waals surface area contributed by atoms with Crippen molar-refractivity contribution >= 4 is 24.7 Å². The molecule has 0 unspecified atom stereocenters. The van der Waals surface area contributed by atoms with E-state index in [0.717, 1.165) is 24.8 Å². The predicted octanol–water partition coefficient (Wildman–Crippen LogP) is 2.23. The first-order valence-corrected chi connectivity index (χ1v) is 12.6. The molecule has 0 radical (unpaired) electrons. The zero-order chi connectivity index (χ0) is 26.8. The molecule has 1 heterocycles. The number of Topliss-reactive ketones (excluding diaryl/α,β-unsaturated/α-hetero) is 1. The van der Waals surface area contributed by atoms with Gasteiger partial charge in [-0.05, 0) is 43.7 Å². The van der Waals surface area contributed by atoms with Gasteiger partial charge in [-0.25, -0.2) is 0 Å². The molecule has 0 bridgehead atoms. The van der Waals surface area contributed by atoms with Gasteiger partial charge >= 0.3 is 7.12 Å². The molecule has 10 heteroatoms. The van der Waals surface area contributed by atoms with Gasteiger partial charge in [0.15, 0.2) is 5.78 Å². The zero-order valence-corrected chi connectivity index (χ0v) is 22.0. The summed E-state index contributed by atoms with van der Waals surface area (Å²) in [6.07, 6.45) is 3.31. The van der Waals surface area contributed by atoms with Crippen molar-refractivity contribution in [1.82, 2.24) is 20.4 Å². The van der Waals surface area contributed by atoms with Crippen LogP contribution in [0, 0.1) is 18.8 Å². The lowest BCUT2D eigenvalue weighted by atomic mass is 9.74. The maximum absolute atomic E-state index is 13.1. The van der Waals surface area contributed by atoms with Crippen LogP contribution in [0.5, 0.6) is 0 Å². The monoisotopic (exact) mass is 498 g/mol. The summed E-state index contributed by atoms with van der Waals surface area (Å²) in [6.45, 7) is 7.61. The van der Waals surface area contributed by atoms with Gasteiger partial charge in [-0.2, -0.15) is 5.10 Å². The molecule has 1 aromatic carbocycles. The van der Waals surface area contributed by atoms with Crippen molar-refractivity contribution in [2.45, 2.75) is 65.7 Å². The topological polar surface area (TPSA) is 134 Å². The Labute approximate surface area is 213 Å². The van der Waals surface area contributed by atoms with E-state index in [1.807, 2.05) is 26.0 Å². The average Bonchev–Trinajstić information content (AvgIpc) is 3.17. The molecule has 4 N–H and O–H groups in total. The molecule has 0 saturated carbocycles. The molecule has 9 nitrogen and oxygen atoms in total. The zero-order valence-electron chi connectivity index (χ0n) is 22.0.